The standard InChI is InChI=1S/C24H30N2O2/c1-2-28-22-10-5-7-19(17-22)18-25-15-12-21(13-16-25)24(27)26-14-6-9-20-8-3-4-11-23(20)26/h3-5,7-8,10-11,17,21H,2,6,9,12-16,18H2,1H3. The van der Waals surface area contributed by atoms with Crippen LogP contribution >= 0.6 is 0 Å². The van der Waals surface area contributed by atoms with Crippen molar-refractivity contribution in [3.63, 3.8) is 0 Å². The Labute approximate surface area is 168 Å². The normalized spacial score (nSPS) is 18.0. The number of aryl methyl sites for hydroxylation is 1. The van der Waals surface area contributed by atoms with E-state index < -0.39 is 0 Å². The minimum Gasteiger partial charge on any atom is -0.494 e. The van der Waals surface area contributed by atoms with Crippen LogP contribution in [0.5, 0.6) is 5.75 Å². The minimum absolute atomic E-state index is 0.150. The van der Waals surface area contributed by atoms with E-state index in [0.717, 1.165) is 63.3 Å². The number of piperidine rings is 1. The van der Waals surface area contributed by atoms with Crippen LogP contribution in [0.3, 0.4) is 0 Å². The first-order chi connectivity index (χ1) is 13.7. The third-order valence-electron chi connectivity index (χ3n) is 5.93. The maximum atomic E-state index is 13.2. The van der Waals surface area contributed by atoms with Gasteiger partial charge in [-0.1, -0.05) is 30.3 Å². The molecule has 0 bridgehead atoms. The zero-order valence-corrected chi connectivity index (χ0v) is 16.8. The molecule has 4 rings (SSSR count). The molecule has 2 aromatic rings. The largest absolute Gasteiger partial charge is 0.494 e. The molecule has 2 aromatic carbocycles. The van der Waals surface area contributed by atoms with E-state index in [1.165, 1.54) is 11.1 Å². The topological polar surface area (TPSA) is 32.8 Å². The van der Waals surface area contributed by atoms with Crippen molar-refractivity contribution < 1.29 is 9.53 Å². The number of hydrogen-bond donors (Lipinski definition) is 0. The zero-order chi connectivity index (χ0) is 19.3. The predicted octanol–water partition coefficient (Wildman–Crippen LogP) is 4.28. The zero-order valence-electron chi connectivity index (χ0n) is 16.8. The van der Waals surface area contributed by atoms with Gasteiger partial charge in [-0.25, -0.2) is 0 Å². The summed E-state index contributed by atoms with van der Waals surface area (Å²) in [6, 6.07) is 16.7. The van der Waals surface area contributed by atoms with E-state index in [1.54, 1.807) is 0 Å². The summed E-state index contributed by atoms with van der Waals surface area (Å²) in [6.07, 6.45) is 4.04. The molecule has 1 fully saturated rings. The average molecular weight is 379 g/mol. The smallest absolute Gasteiger partial charge is 0.230 e. The second kappa shape index (κ2) is 8.78. The van der Waals surface area contributed by atoms with Crippen LogP contribution in [0.2, 0.25) is 0 Å². The number of nitrogens with zero attached hydrogens (tertiary/aromatic N) is 2. The van der Waals surface area contributed by atoms with E-state index in [2.05, 4.69) is 41.3 Å². The minimum atomic E-state index is 0.150. The van der Waals surface area contributed by atoms with Crippen LogP contribution in [0.1, 0.15) is 37.3 Å². The molecule has 2 heterocycles. The lowest BCUT2D eigenvalue weighted by molar-refractivity contribution is -0.123. The van der Waals surface area contributed by atoms with Crippen molar-refractivity contribution in [2.24, 2.45) is 5.92 Å². The van der Waals surface area contributed by atoms with Crippen LogP contribution in [0.25, 0.3) is 0 Å². The fourth-order valence-corrected chi connectivity index (χ4v) is 4.48. The number of carbonyl (C=O) groups is 1. The van der Waals surface area contributed by atoms with Gasteiger partial charge in [0.25, 0.3) is 0 Å². The molecule has 0 N–H and O–H groups in total. The Kier molecular flexibility index (Phi) is 5.96. The van der Waals surface area contributed by atoms with E-state index >= 15 is 0 Å². The molecule has 1 saturated heterocycles. The third-order valence-corrected chi connectivity index (χ3v) is 5.93. The van der Waals surface area contributed by atoms with Gasteiger partial charge in [0.05, 0.1) is 6.61 Å². The molecule has 2 aliphatic rings. The maximum absolute atomic E-state index is 13.2. The van der Waals surface area contributed by atoms with Gasteiger partial charge >= 0.3 is 0 Å². The summed E-state index contributed by atoms with van der Waals surface area (Å²) in [7, 11) is 0. The highest BCUT2D eigenvalue weighted by molar-refractivity contribution is 5.96. The molecule has 148 valence electrons. The third kappa shape index (κ3) is 4.22. The highest BCUT2D eigenvalue weighted by Crippen LogP contribution is 2.30. The van der Waals surface area contributed by atoms with Gasteiger partial charge in [-0.3, -0.25) is 9.69 Å². The number of benzene rings is 2. The number of ether oxygens (including phenoxy) is 1. The van der Waals surface area contributed by atoms with Crippen LogP contribution in [0, 0.1) is 5.92 Å². The number of amides is 1. The fourth-order valence-electron chi connectivity index (χ4n) is 4.48. The molecule has 1 amide bonds. The lowest BCUT2D eigenvalue weighted by Crippen LogP contribution is -2.44. The molecule has 4 heteroatoms. The number of fused-ring (bicyclic) bond motifs is 1. The van der Waals surface area contributed by atoms with Crippen molar-refractivity contribution in [1.29, 1.82) is 0 Å². The van der Waals surface area contributed by atoms with E-state index in [9.17, 15) is 4.79 Å². The molecule has 0 radical (unpaired) electrons. The first-order valence-corrected chi connectivity index (χ1v) is 10.6. The van der Waals surface area contributed by atoms with Gasteiger partial charge in [0, 0.05) is 24.7 Å². The average Bonchev–Trinajstić information content (AvgIpc) is 2.74. The molecular formula is C24H30N2O2. The predicted molar refractivity (Wildman–Crippen MR) is 113 cm³/mol. The summed E-state index contributed by atoms with van der Waals surface area (Å²) in [4.78, 5) is 17.7. The number of likely N-dealkylation sites (tertiary alicyclic amines) is 1. The van der Waals surface area contributed by atoms with Crippen molar-refractivity contribution in [3.8, 4) is 5.75 Å². The highest BCUT2D eigenvalue weighted by atomic mass is 16.5. The Balaban J connectivity index is 1.34. The second-order valence-electron chi connectivity index (χ2n) is 7.85. The molecule has 0 unspecified atom stereocenters. The van der Waals surface area contributed by atoms with Gasteiger partial charge in [-0.15, -0.1) is 0 Å². The molecule has 2 aliphatic heterocycles. The second-order valence-corrected chi connectivity index (χ2v) is 7.85. The Hall–Kier alpha value is -2.33. The van der Waals surface area contributed by atoms with Crippen molar-refractivity contribution in [2.75, 3.05) is 31.1 Å². The molecule has 0 aliphatic carbocycles. The summed E-state index contributed by atoms with van der Waals surface area (Å²) < 4.78 is 5.61. The van der Waals surface area contributed by atoms with Crippen LogP contribution in [0.4, 0.5) is 5.69 Å². The van der Waals surface area contributed by atoms with Crippen LogP contribution in [0.15, 0.2) is 48.5 Å². The van der Waals surface area contributed by atoms with Crippen molar-refractivity contribution >= 4 is 11.6 Å². The molecule has 0 spiro atoms. The molecular weight excluding hydrogens is 348 g/mol. The van der Waals surface area contributed by atoms with E-state index in [1.807, 2.05) is 24.0 Å². The number of anilines is 1. The maximum Gasteiger partial charge on any atom is 0.230 e. The summed E-state index contributed by atoms with van der Waals surface area (Å²) >= 11 is 0. The fraction of sp³-hybridized carbons (Fsp3) is 0.458. The first kappa shape index (κ1) is 19.0. The van der Waals surface area contributed by atoms with Crippen LogP contribution < -0.4 is 9.64 Å². The van der Waals surface area contributed by atoms with Gasteiger partial charge in [-0.05, 0) is 75.0 Å². The summed E-state index contributed by atoms with van der Waals surface area (Å²) in [5, 5.41) is 0. The van der Waals surface area contributed by atoms with Crippen molar-refractivity contribution in [1.82, 2.24) is 4.90 Å². The monoisotopic (exact) mass is 378 g/mol. The van der Waals surface area contributed by atoms with Gasteiger partial charge in [0.2, 0.25) is 5.91 Å². The number of hydrogen-bond acceptors (Lipinski definition) is 3. The summed E-state index contributed by atoms with van der Waals surface area (Å²) in [5.41, 5.74) is 3.73. The van der Waals surface area contributed by atoms with Crippen LogP contribution in [-0.2, 0) is 17.8 Å². The quantitative estimate of drug-likeness (QED) is 0.779. The molecule has 0 saturated carbocycles. The lowest BCUT2D eigenvalue weighted by atomic mass is 9.93. The Morgan fingerprint density at radius 3 is 2.71 bits per heavy atom. The van der Waals surface area contributed by atoms with E-state index in [0.29, 0.717) is 12.5 Å². The van der Waals surface area contributed by atoms with Crippen LogP contribution in [-0.4, -0.2) is 37.0 Å². The molecule has 28 heavy (non-hydrogen) atoms. The molecule has 0 atom stereocenters. The highest BCUT2D eigenvalue weighted by Gasteiger charge is 2.31. The van der Waals surface area contributed by atoms with Crippen molar-refractivity contribution in [3.05, 3.63) is 59.7 Å². The summed E-state index contributed by atoms with van der Waals surface area (Å²) in [6.45, 7) is 6.44. The van der Waals surface area contributed by atoms with Gasteiger partial charge in [0.1, 0.15) is 5.75 Å². The van der Waals surface area contributed by atoms with Gasteiger partial charge in [0.15, 0.2) is 0 Å². The van der Waals surface area contributed by atoms with Gasteiger partial charge in [-0.2, -0.15) is 0 Å². The van der Waals surface area contributed by atoms with Gasteiger partial charge < -0.3 is 9.64 Å². The number of carbonyl (C=O) groups excluding carboxylic acids is 1. The number of rotatable bonds is 5. The van der Waals surface area contributed by atoms with Crippen molar-refractivity contribution in [2.45, 2.75) is 39.2 Å². The SMILES string of the molecule is CCOc1cccc(CN2CCC(C(=O)N3CCCc4ccccc43)CC2)c1. The molecule has 0 aromatic heterocycles. The van der Waals surface area contributed by atoms with E-state index in [-0.39, 0.29) is 5.92 Å². The Morgan fingerprint density at radius 2 is 1.89 bits per heavy atom. The van der Waals surface area contributed by atoms with E-state index in [4.69, 9.17) is 4.74 Å². The summed E-state index contributed by atoms with van der Waals surface area (Å²) in [5.74, 6) is 1.41. The first-order valence-electron chi connectivity index (χ1n) is 10.6. The Morgan fingerprint density at radius 1 is 1.07 bits per heavy atom. The number of para-hydroxylation sites is 1. The Bertz CT molecular complexity index is 812. The molecule has 4 nitrogen and oxygen atoms in total. The lowest BCUT2D eigenvalue weighted by Gasteiger charge is -2.36.